The number of esters is 2. The first kappa shape index (κ1) is 114. The molecule has 0 radical (unpaired) electrons. The van der Waals surface area contributed by atoms with Gasteiger partial charge in [0, 0.05) is 186 Å². The van der Waals surface area contributed by atoms with Crippen molar-refractivity contribution in [2.75, 3.05) is 35.6 Å². The molecular weight excluding hydrogens is 2130 g/mol. The molecule has 3 aliphatic heterocycles. The predicted molar refractivity (Wildman–Crippen MR) is 515 cm³/mol. The minimum absolute atomic E-state index is 0. The van der Waals surface area contributed by atoms with E-state index >= 15 is 0 Å². The van der Waals surface area contributed by atoms with E-state index in [1.54, 1.807) is 112 Å². The van der Waals surface area contributed by atoms with E-state index in [1.165, 1.54) is 90.8 Å². The fourth-order valence-electron chi connectivity index (χ4n) is 9.83. The first-order valence-electron chi connectivity index (χ1n) is 33.9. The maximum absolute atomic E-state index is 14.2. The molecule has 2 saturated heterocycles. The Kier molecular flexibility index (Phi) is 55.2. The van der Waals surface area contributed by atoms with Crippen LogP contribution in [-0.2, 0) is 205 Å². The molecule has 9 aromatic heterocycles. The number of hydrogen-bond acceptors (Lipinski definition) is 31. The van der Waals surface area contributed by atoms with Crippen molar-refractivity contribution in [2.45, 2.75) is 110 Å². The maximum Gasteiger partial charge on any atom is 0.328 e. The molecule has 4 atom stereocenters. The molecule has 3 aliphatic rings. The number of carboxylic acid groups (broad SMARTS) is 1. The summed E-state index contributed by atoms with van der Waals surface area (Å²) < 4.78 is 63.0. The third kappa shape index (κ3) is 42.6. The number of rotatable bonds is 19. The number of primary amides is 4. The number of amides is 7. The van der Waals surface area contributed by atoms with Gasteiger partial charge in [-0.1, -0.05) is 28.1 Å². The summed E-state index contributed by atoms with van der Waals surface area (Å²) in [7, 11) is 7.21. The largest absolute Gasteiger partial charge is 0.480 e. The second-order valence-electron chi connectivity index (χ2n) is 25.4. The van der Waals surface area contributed by atoms with Gasteiger partial charge >= 0.3 is 17.9 Å². The summed E-state index contributed by atoms with van der Waals surface area (Å²) >= 11 is 42.5. The molecule has 0 saturated carbocycles. The highest BCUT2D eigenvalue weighted by Gasteiger charge is 2.41. The number of nitrogens with zero attached hydrogens (tertiary/aromatic N) is 10. The predicted octanol–water partition coefficient (Wildman–Crippen LogP) is 8.20. The van der Waals surface area contributed by atoms with E-state index in [-0.39, 0.29) is 117 Å². The number of aliphatic carboxylic acids is 1. The summed E-state index contributed by atoms with van der Waals surface area (Å²) in [6.07, 6.45) is 5.39. The number of hydrogen-bond donors (Lipinski definition) is 8. The molecule has 0 bridgehead atoms. The highest BCUT2D eigenvalue weighted by molar-refractivity contribution is 9.10. The van der Waals surface area contributed by atoms with E-state index in [9.17, 15) is 56.7 Å². The van der Waals surface area contributed by atoms with Crippen LogP contribution < -0.4 is 38.9 Å². The third-order valence-electron chi connectivity index (χ3n) is 14.3. The number of furan rings is 4. The molecule has 12 N–H and O–H groups in total. The van der Waals surface area contributed by atoms with Gasteiger partial charge in [-0.05, 0) is 152 Å². The van der Waals surface area contributed by atoms with Crippen molar-refractivity contribution < 1.29 is 89.0 Å². The molecule has 9 aromatic rings. The van der Waals surface area contributed by atoms with Gasteiger partial charge in [-0.3, -0.25) is 57.6 Å². The van der Waals surface area contributed by atoms with Gasteiger partial charge in [0.05, 0.1) is 44.2 Å². The van der Waals surface area contributed by atoms with Crippen molar-refractivity contribution in [3.05, 3.63) is 166 Å². The Morgan fingerprint density at radius 3 is 1.30 bits per heavy atom. The zero-order chi connectivity index (χ0) is 91.4. The van der Waals surface area contributed by atoms with E-state index in [0.29, 0.717) is 61.6 Å². The van der Waals surface area contributed by atoms with E-state index in [4.69, 9.17) is 55.2 Å². The van der Waals surface area contributed by atoms with Crippen LogP contribution in [0, 0.1) is 0 Å². The smallest absolute Gasteiger partial charge is 0.328 e. The number of aliphatic imine (C=N–C) groups is 1. The number of likely N-dealkylation sites (tertiary alicyclic amines) is 1. The molecule has 34 nitrogen and oxygen atoms in total. The van der Waals surface area contributed by atoms with Crippen LogP contribution in [0.4, 0.5) is 20.4 Å². The molecule has 12 rings (SSSR count). The van der Waals surface area contributed by atoms with Crippen molar-refractivity contribution in [1.82, 2.24) is 49.5 Å². The lowest BCUT2D eigenvalue weighted by Gasteiger charge is -2.23. The Bertz CT molecular complexity index is 5340. The molecule has 124 heavy (non-hydrogen) atoms. The summed E-state index contributed by atoms with van der Waals surface area (Å²) in [5.74, 6) is -3.00. The third-order valence-corrected chi connectivity index (χ3v) is 22.3. The molecule has 672 valence electrons. The first-order chi connectivity index (χ1) is 57.8. The maximum atomic E-state index is 14.2. The Morgan fingerprint density at radius 1 is 0.573 bits per heavy atom. The SMILES string of the molecule is CC(C)(C)OC(=O)CBr.CC(C)(C)OC(=O)Cn1nc(C(N)=O)cc1-c1ccco1.Cl.NC(=O)C1=NCC(c2ccco2)=C1.NC(=O)c1cc(-c2ccco2)n(CC(=O)N2C[C@H](F)C[C@H]2C(=O)Nc2cccc(Br)n2)n1.NC(=O)c1cc(-c2ccco2)n(CC(=O)O)n1.O=C(Nc1cccc(Br)n1)[C@@H]1C[C@@H](F)CN1.S.S=S.S=S=S.S=S=S=S.S=S=S=S=S. The lowest BCUT2D eigenvalue weighted by molar-refractivity contribution is -0.156. The topological polar surface area (TPSA) is 497 Å². The monoisotopic (exact) mass is 2200 g/mol. The number of carbonyl (C=O) groups is 10. The van der Waals surface area contributed by atoms with Crippen molar-refractivity contribution in [1.29, 1.82) is 0 Å². The molecule has 0 unspecified atom stereocenters. The summed E-state index contributed by atoms with van der Waals surface area (Å²) in [5.41, 5.74) is 22.2. The zero-order valence-corrected chi connectivity index (χ0v) is 83.2. The summed E-state index contributed by atoms with van der Waals surface area (Å²) in [5, 5.41) is 28.9. The minimum Gasteiger partial charge on any atom is -0.480 e. The van der Waals surface area contributed by atoms with E-state index in [2.05, 4.69) is 184 Å². The van der Waals surface area contributed by atoms with Gasteiger partial charge in [0.25, 0.3) is 23.6 Å². The van der Waals surface area contributed by atoms with E-state index in [0.717, 1.165) is 29.8 Å². The van der Waals surface area contributed by atoms with Gasteiger partial charge in [-0.25, -0.2) is 28.1 Å². The van der Waals surface area contributed by atoms with E-state index < -0.39 is 77.4 Å². The van der Waals surface area contributed by atoms with Crippen LogP contribution in [0.1, 0.15) is 91.6 Å². The van der Waals surface area contributed by atoms with Crippen LogP contribution in [0.5, 0.6) is 0 Å². The van der Waals surface area contributed by atoms with E-state index in [1.807, 2.05) is 26.8 Å². The average molecular weight is 2210 g/mol. The quantitative estimate of drug-likeness (QED) is 0.0215. The van der Waals surface area contributed by atoms with Gasteiger partial charge in [0.1, 0.15) is 104 Å². The fraction of sp³-hybridized carbons (Fsp3) is 0.304. The highest BCUT2D eigenvalue weighted by atomic mass is 79.9. The second kappa shape index (κ2) is 60.0. The molecule has 55 heteroatoms. The van der Waals surface area contributed by atoms with Gasteiger partial charge in [0.2, 0.25) is 17.7 Å². The molecule has 0 spiro atoms. The highest BCUT2D eigenvalue weighted by Crippen LogP contribution is 2.28. The number of carboxylic acids is 1. The van der Waals surface area contributed by atoms with Crippen molar-refractivity contribution in [3.8, 4) is 34.4 Å². The average Bonchev–Trinajstić information content (AvgIpc) is 1.64. The fourth-order valence-corrected chi connectivity index (χ4v) is 13.4. The first-order valence-corrected chi connectivity index (χ1v) is 50.0. The number of carbonyl (C=O) groups excluding carboxylic acids is 9. The zero-order valence-electron chi connectivity index (χ0n) is 65.1. The van der Waals surface area contributed by atoms with Crippen LogP contribution in [0.2, 0.25) is 0 Å². The molecule has 12 heterocycles. The van der Waals surface area contributed by atoms with Crippen LogP contribution >= 0.6 is 73.7 Å². The molecule has 0 aromatic carbocycles. The number of ether oxygens (including phenoxy) is 2. The van der Waals surface area contributed by atoms with Gasteiger partial charge < -0.3 is 76.0 Å². The Labute approximate surface area is 802 Å². The number of alkyl halides is 3. The summed E-state index contributed by atoms with van der Waals surface area (Å²) in [6, 6.07) is 26.6. The lowest BCUT2D eigenvalue weighted by Crippen LogP contribution is -2.44. The summed E-state index contributed by atoms with van der Waals surface area (Å²) in [6.45, 7) is 10.5. The Balaban J connectivity index is 0.000000743. The number of aromatic nitrogens is 8. The van der Waals surface area contributed by atoms with Gasteiger partial charge in [-0.15, -0.1) is 12.4 Å². The number of nitrogens with two attached hydrogens (primary N) is 4. The van der Waals surface area contributed by atoms with Crippen molar-refractivity contribution in [3.63, 3.8) is 0 Å². The van der Waals surface area contributed by atoms with Crippen molar-refractivity contribution in [2.24, 2.45) is 27.9 Å². The van der Waals surface area contributed by atoms with Crippen LogP contribution in [-0.4, -0.2) is 175 Å². The number of pyridine rings is 2. The van der Waals surface area contributed by atoms with Crippen LogP contribution in [0.3, 0.4) is 0 Å². The van der Waals surface area contributed by atoms with Gasteiger partial charge in [0.15, 0.2) is 34.4 Å². The number of anilines is 2. The number of halogens is 6. The number of nitrogens with one attached hydrogen (secondary N) is 3. The molecule has 7 amide bonds. The van der Waals surface area contributed by atoms with Crippen molar-refractivity contribution >= 4 is 299 Å². The Morgan fingerprint density at radius 2 is 0.976 bits per heavy atom. The normalized spacial score (nSPS) is 14.1. The lowest BCUT2D eigenvalue weighted by atomic mass is 10.2. The summed E-state index contributed by atoms with van der Waals surface area (Å²) in [4.78, 5) is 128. The second-order valence-corrected chi connectivity index (χ2v) is 38.2. The standard InChI is InChI=1S/C20H18BrFN6O4.C14H17N3O4.C10H11BrFN3O.C10H9N3O4.C9H8N2O2.C6H11BrO2.ClH.S5.S4.S3.S2.H2S/c21-16-4-1-5-17(24-16)25-20(31)14-7-11(22)9-27(14)18(29)10-28-13(15-3-2-6-32-15)8-12(26-28)19(23)30;1-14(2,3)21-12(18)8-17-10(11-5-4-6-20-11)7-9(16-17)13(15)19;11-8-2-1-3-9(14-8)15-10(16)7-4-6(12)5-13-7;11-10(16)6-4-7(8-2-1-3-17-8)13(12-6)5-9(14)15;10-9(12)7-4-6(5-11-7)8-2-1-3-13-8;1-6(2,3)9-5(8)4-7;;1-3-5-4-2;1-3-4-2;1-3-2;1-2;/h1-6,8,11,14H,7,9-10H2,(H2,23,30)(H,24,25,31);4-7H,8H2,1-3H3,(H2,15,19);1-3,6-7,13H,4-5H2,(H,14,15,16);1-4H,5H2,(H2,11,16)(H,14,15);1-4H,5H2,(H2,10,12);4H2,1-3H3;1H;;;;;1H2/t11-,14+;;6-,7+;;;;;;;;;/m1.1........./s1. The van der Waals surface area contributed by atoms with Gasteiger partial charge in [-0.2, -0.15) is 28.8 Å². The van der Waals surface area contributed by atoms with Crippen LogP contribution in [0.25, 0.3) is 39.9 Å². The minimum atomic E-state index is -1.35. The molecule has 0 aliphatic carbocycles. The molecule has 2 fully saturated rings. The molecular formula is C69H77Br3ClF2N17O17S15. The Hall–Kier alpha value is -7.86. The van der Waals surface area contributed by atoms with Crippen LogP contribution in [0.15, 0.2) is 166 Å².